The van der Waals surface area contributed by atoms with Gasteiger partial charge in [-0.1, -0.05) is 12.1 Å². The molecule has 2 rings (SSSR count). The molecule has 0 radical (unpaired) electrons. The molecule has 1 aliphatic heterocycles. The molecule has 1 aliphatic rings. The number of benzene rings is 1. The molecule has 0 saturated carbocycles. The summed E-state index contributed by atoms with van der Waals surface area (Å²) in [6.45, 7) is 7.63. The SMILES string of the molecule is Cc1cc(C)c(C(NCC2CCCO2)C(N)=O)cc1C. The number of hydrogen-bond acceptors (Lipinski definition) is 3. The van der Waals surface area contributed by atoms with Crippen molar-refractivity contribution in [3.63, 3.8) is 0 Å². The van der Waals surface area contributed by atoms with E-state index < -0.39 is 6.04 Å². The van der Waals surface area contributed by atoms with E-state index >= 15 is 0 Å². The number of aryl methyl sites for hydroxylation is 3. The zero-order valence-electron chi connectivity index (χ0n) is 12.5. The van der Waals surface area contributed by atoms with Crippen molar-refractivity contribution < 1.29 is 9.53 Å². The first kappa shape index (κ1) is 15.0. The van der Waals surface area contributed by atoms with E-state index in [9.17, 15) is 4.79 Å². The van der Waals surface area contributed by atoms with Crippen molar-refractivity contribution in [1.82, 2.24) is 5.32 Å². The lowest BCUT2D eigenvalue weighted by Crippen LogP contribution is -2.38. The molecule has 1 saturated heterocycles. The predicted molar refractivity (Wildman–Crippen MR) is 79.6 cm³/mol. The minimum atomic E-state index is -0.446. The normalized spacial score (nSPS) is 20.1. The number of nitrogens with one attached hydrogen (secondary N) is 1. The maximum atomic E-state index is 11.8. The zero-order valence-corrected chi connectivity index (χ0v) is 12.5. The summed E-state index contributed by atoms with van der Waals surface area (Å²) in [7, 11) is 0. The fourth-order valence-corrected chi connectivity index (χ4v) is 2.71. The molecule has 110 valence electrons. The van der Waals surface area contributed by atoms with Crippen LogP contribution in [0, 0.1) is 20.8 Å². The molecular weight excluding hydrogens is 252 g/mol. The molecular formula is C16H24N2O2. The van der Waals surface area contributed by atoms with Crippen LogP contribution in [0.5, 0.6) is 0 Å². The van der Waals surface area contributed by atoms with Crippen LogP contribution in [-0.2, 0) is 9.53 Å². The van der Waals surface area contributed by atoms with Gasteiger partial charge in [-0.15, -0.1) is 0 Å². The van der Waals surface area contributed by atoms with Crippen LogP contribution in [0.15, 0.2) is 12.1 Å². The van der Waals surface area contributed by atoms with Gasteiger partial charge in [-0.05, 0) is 55.9 Å². The van der Waals surface area contributed by atoms with Crippen molar-refractivity contribution in [1.29, 1.82) is 0 Å². The summed E-state index contributed by atoms with van der Waals surface area (Å²) < 4.78 is 5.58. The molecule has 1 heterocycles. The number of nitrogens with two attached hydrogens (primary N) is 1. The Kier molecular flexibility index (Phi) is 4.78. The fourth-order valence-electron chi connectivity index (χ4n) is 2.71. The van der Waals surface area contributed by atoms with E-state index in [1.807, 2.05) is 6.92 Å². The molecule has 2 unspecified atom stereocenters. The third-order valence-electron chi connectivity index (χ3n) is 4.05. The third-order valence-corrected chi connectivity index (χ3v) is 4.05. The van der Waals surface area contributed by atoms with Gasteiger partial charge in [0.15, 0.2) is 0 Å². The summed E-state index contributed by atoms with van der Waals surface area (Å²) in [5.41, 5.74) is 10.0. The van der Waals surface area contributed by atoms with Gasteiger partial charge in [0.05, 0.1) is 6.10 Å². The average molecular weight is 276 g/mol. The quantitative estimate of drug-likeness (QED) is 0.863. The van der Waals surface area contributed by atoms with Crippen LogP contribution >= 0.6 is 0 Å². The van der Waals surface area contributed by atoms with Crippen molar-refractivity contribution in [2.75, 3.05) is 13.2 Å². The Hall–Kier alpha value is -1.39. The summed E-state index contributed by atoms with van der Waals surface area (Å²) in [6.07, 6.45) is 2.34. The van der Waals surface area contributed by atoms with Crippen LogP contribution in [0.2, 0.25) is 0 Å². The van der Waals surface area contributed by atoms with E-state index in [4.69, 9.17) is 10.5 Å². The van der Waals surface area contributed by atoms with E-state index in [0.29, 0.717) is 6.54 Å². The maximum absolute atomic E-state index is 11.8. The van der Waals surface area contributed by atoms with Crippen molar-refractivity contribution in [2.24, 2.45) is 5.73 Å². The summed E-state index contributed by atoms with van der Waals surface area (Å²) >= 11 is 0. The summed E-state index contributed by atoms with van der Waals surface area (Å²) in [4.78, 5) is 11.8. The van der Waals surface area contributed by atoms with Gasteiger partial charge in [-0.2, -0.15) is 0 Å². The standard InChI is InChI=1S/C16H24N2O2/c1-10-7-12(3)14(8-11(10)2)15(16(17)19)18-9-13-5-4-6-20-13/h7-8,13,15,18H,4-6,9H2,1-3H3,(H2,17,19). The van der Waals surface area contributed by atoms with Gasteiger partial charge in [0.2, 0.25) is 5.91 Å². The van der Waals surface area contributed by atoms with Crippen LogP contribution in [0.4, 0.5) is 0 Å². The number of primary amides is 1. The molecule has 4 nitrogen and oxygen atoms in total. The zero-order chi connectivity index (χ0) is 14.7. The van der Waals surface area contributed by atoms with Crippen molar-refractivity contribution in [3.8, 4) is 0 Å². The van der Waals surface area contributed by atoms with Gasteiger partial charge < -0.3 is 10.5 Å². The van der Waals surface area contributed by atoms with Gasteiger partial charge >= 0.3 is 0 Å². The van der Waals surface area contributed by atoms with Gasteiger partial charge in [0.25, 0.3) is 0 Å². The molecule has 0 spiro atoms. The van der Waals surface area contributed by atoms with E-state index in [1.165, 1.54) is 11.1 Å². The molecule has 1 aromatic carbocycles. The van der Waals surface area contributed by atoms with Gasteiger partial charge in [-0.25, -0.2) is 0 Å². The second-order valence-corrected chi connectivity index (χ2v) is 5.67. The first-order chi connectivity index (χ1) is 9.49. The van der Waals surface area contributed by atoms with E-state index in [-0.39, 0.29) is 12.0 Å². The molecule has 2 atom stereocenters. The van der Waals surface area contributed by atoms with Gasteiger partial charge in [0.1, 0.15) is 6.04 Å². The van der Waals surface area contributed by atoms with Crippen LogP contribution < -0.4 is 11.1 Å². The lowest BCUT2D eigenvalue weighted by Gasteiger charge is -2.21. The Morgan fingerprint density at radius 3 is 2.65 bits per heavy atom. The number of carbonyl (C=O) groups excluding carboxylic acids is 1. The lowest BCUT2D eigenvalue weighted by atomic mass is 9.95. The van der Waals surface area contributed by atoms with Crippen LogP contribution in [0.3, 0.4) is 0 Å². The third kappa shape index (κ3) is 3.38. The first-order valence-electron chi connectivity index (χ1n) is 7.21. The Morgan fingerprint density at radius 1 is 1.35 bits per heavy atom. The highest BCUT2D eigenvalue weighted by atomic mass is 16.5. The summed E-state index contributed by atoms with van der Waals surface area (Å²) in [5.74, 6) is -0.339. The fraction of sp³-hybridized carbons (Fsp3) is 0.562. The number of rotatable bonds is 5. The molecule has 4 heteroatoms. The Bertz CT molecular complexity index is 493. The molecule has 0 aliphatic carbocycles. The highest BCUT2D eigenvalue weighted by Crippen LogP contribution is 2.22. The minimum absolute atomic E-state index is 0.198. The van der Waals surface area contributed by atoms with E-state index in [2.05, 4.69) is 31.3 Å². The summed E-state index contributed by atoms with van der Waals surface area (Å²) in [6, 6.07) is 3.72. The predicted octanol–water partition coefficient (Wildman–Crippen LogP) is 1.91. The second kappa shape index (κ2) is 6.37. The number of carbonyl (C=O) groups is 1. The topological polar surface area (TPSA) is 64.3 Å². The Balaban J connectivity index is 2.15. The highest BCUT2D eigenvalue weighted by molar-refractivity contribution is 5.82. The van der Waals surface area contributed by atoms with E-state index in [0.717, 1.165) is 30.6 Å². The monoisotopic (exact) mass is 276 g/mol. The Morgan fingerprint density at radius 2 is 2.05 bits per heavy atom. The van der Waals surface area contributed by atoms with Crippen molar-refractivity contribution >= 4 is 5.91 Å². The molecule has 1 fully saturated rings. The summed E-state index contributed by atoms with van der Waals surface area (Å²) in [5, 5.41) is 3.27. The maximum Gasteiger partial charge on any atom is 0.239 e. The second-order valence-electron chi connectivity index (χ2n) is 5.67. The molecule has 1 aromatic rings. The van der Waals surface area contributed by atoms with Crippen molar-refractivity contribution in [3.05, 3.63) is 34.4 Å². The largest absolute Gasteiger partial charge is 0.377 e. The highest BCUT2D eigenvalue weighted by Gasteiger charge is 2.23. The average Bonchev–Trinajstić information content (AvgIpc) is 2.88. The number of amides is 1. The molecule has 3 N–H and O–H groups in total. The Labute approximate surface area is 120 Å². The number of ether oxygens (including phenoxy) is 1. The van der Waals surface area contributed by atoms with E-state index in [1.54, 1.807) is 0 Å². The lowest BCUT2D eigenvalue weighted by molar-refractivity contribution is -0.120. The molecule has 0 bridgehead atoms. The van der Waals surface area contributed by atoms with Crippen LogP contribution in [0.25, 0.3) is 0 Å². The molecule has 20 heavy (non-hydrogen) atoms. The van der Waals surface area contributed by atoms with Crippen LogP contribution in [0.1, 0.15) is 41.1 Å². The molecule has 1 amide bonds. The first-order valence-corrected chi connectivity index (χ1v) is 7.21. The number of hydrogen-bond donors (Lipinski definition) is 2. The minimum Gasteiger partial charge on any atom is -0.377 e. The molecule has 0 aromatic heterocycles. The van der Waals surface area contributed by atoms with Gasteiger partial charge in [0, 0.05) is 13.2 Å². The van der Waals surface area contributed by atoms with Crippen molar-refractivity contribution in [2.45, 2.75) is 45.8 Å². The smallest absolute Gasteiger partial charge is 0.239 e. The van der Waals surface area contributed by atoms with Crippen LogP contribution in [-0.4, -0.2) is 25.2 Å². The van der Waals surface area contributed by atoms with Gasteiger partial charge in [-0.3, -0.25) is 10.1 Å².